The number of fused-ring (bicyclic) bond motifs is 1. The van der Waals surface area contributed by atoms with Gasteiger partial charge in [0.15, 0.2) is 0 Å². The standard InChI is InChI=1S/C16H20N4O/c1-12-17-14-9-5-6-10-15(14)20(12)11-16(21)19-18-13-7-3-2-4-8-13/h5-6,9-10H,2-4,7-8,11H2,1H3,(H,19,21). The molecule has 110 valence electrons. The summed E-state index contributed by atoms with van der Waals surface area (Å²) in [7, 11) is 0. The lowest BCUT2D eigenvalue weighted by atomic mass is 9.99. The van der Waals surface area contributed by atoms with Gasteiger partial charge in [-0.3, -0.25) is 4.79 Å². The number of aromatic nitrogens is 2. The van der Waals surface area contributed by atoms with E-state index in [0.717, 1.165) is 35.4 Å². The van der Waals surface area contributed by atoms with Crippen LogP contribution in [-0.2, 0) is 11.3 Å². The molecule has 0 bridgehead atoms. The molecule has 0 radical (unpaired) electrons. The number of amides is 1. The van der Waals surface area contributed by atoms with E-state index in [0.29, 0.717) is 0 Å². The first kappa shape index (κ1) is 13.8. The molecule has 1 N–H and O–H groups in total. The van der Waals surface area contributed by atoms with Crippen molar-refractivity contribution in [1.82, 2.24) is 15.0 Å². The lowest BCUT2D eigenvalue weighted by Gasteiger charge is -2.12. The predicted molar refractivity (Wildman–Crippen MR) is 83.1 cm³/mol. The van der Waals surface area contributed by atoms with Crippen LogP contribution in [0.25, 0.3) is 11.0 Å². The normalized spacial score (nSPS) is 15.2. The number of nitrogens with zero attached hydrogens (tertiary/aromatic N) is 3. The van der Waals surface area contributed by atoms with Gasteiger partial charge in [0, 0.05) is 5.71 Å². The lowest BCUT2D eigenvalue weighted by Crippen LogP contribution is -2.25. The highest BCUT2D eigenvalue weighted by atomic mass is 16.2. The Bertz CT molecular complexity index is 679. The Labute approximate surface area is 124 Å². The molecular weight excluding hydrogens is 264 g/mol. The summed E-state index contributed by atoms with van der Waals surface area (Å²) in [6, 6.07) is 7.85. The zero-order chi connectivity index (χ0) is 14.7. The topological polar surface area (TPSA) is 59.3 Å². The highest BCUT2D eigenvalue weighted by Gasteiger charge is 2.11. The van der Waals surface area contributed by atoms with Crippen molar-refractivity contribution in [3.05, 3.63) is 30.1 Å². The van der Waals surface area contributed by atoms with Gasteiger partial charge < -0.3 is 4.57 Å². The molecule has 0 spiro atoms. The predicted octanol–water partition coefficient (Wildman–Crippen LogP) is 2.78. The number of carbonyl (C=O) groups excluding carboxylic acids is 1. The fourth-order valence-corrected chi connectivity index (χ4v) is 2.79. The molecule has 5 heteroatoms. The maximum Gasteiger partial charge on any atom is 0.260 e. The molecule has 5 nitrogen and oxygen atoms in total. The van der Waals surface area contributed by atoms with Gasteiger partial charge in [0.1, 0.15) is 12.4 Å². The number of hydrogen-bond acceptors (Lipinski definition) is 3. The van der Waals surface area contributed by atoms with Crippen LogP contribution in [0.4, 0.5) is 0 Å². The zero-order valence-electron chi connectivity index (χ0n) is 12.3. The van der Waals surface area contributed by atoms with Crippen molar-refractivity contribution in [1.29, 1.82) is 0 Å². The number of imidazole rings is 1. The maximum atomic E-state index is 12.1. The number of hydrazone groups is 1. The van der Waals surface area contributed by atoms with Gasteiger partial charge in [-0.25, -0.2) is 10.4 Å². The van der Waals surface area contributed by atoms with Crippen LogP contribution in [0.3, 0.4) is 0 Å². The first-order valence-corrected chi connectivity index (χ1v) is 7.50. The molecule has 21 heavy (non-hydrogen) atoms. The molecule has 3 rings (SSSR count). The Balaban J connectivity index is 1.70. The summed E-state index contributed by atoms with van der Waals surface area (Å²) >= 11 is 0. The Morgan fingerprint density at radius 3 is 2.86 bits per heavy atom. The van der Waals surface area contributed by atoms with Crippen molar-refractivity contribution in [3.8, 4) is 0 Å². The molecule has 2 aromatic rings. The van der Waals surface area contributed by atoms with Gasteiger partial charge in [0.25, 0.3) is 5.91 Å². The fourth-order valence-electron chi connectivity index (χ4n) is 2.79. The van der Waals surface area contributed by atoms with Crippen LogP contribution in [0.2, 0.25) is 0 Å². The van der Waals surface area contributed by atoms with E-state index >= 15 is 0 Å². The summed E-state index contributed by atoms with van der Waals surface area (Å²) in [6.45, 7) is 2.17. The molecule has 0 atom stereocenters. The van der Waals surface area contributed by atoms with Gasteiger partial charge in [0.05, 0.1) is 11.0 Å². The van der Waals surface area contributed by atoms with Crippen molar-refractivity contribution in [2.75, 3.05) is 0 Å². The monoisotopic (exact) mass is 284 g/mol. The minimum absolute atomic E-state index is 0.0978. The van der Waals surface area contributed by atoms with Crippen LogP contribution in [0.15, 0.2) is 29.4 Å². The zero-order valence-corrected chi connectivity index (χ0v) is 12.3. The van der Waals surface area contributed by atoms with Crippen molar-refractivity contribution in [2.45, 2.75) is 45.6 Å². The van der Waals surface area contributed by atoms with Crippen molar-refractivity contribution < 1.29 is 4.79 Å². The number of aryl methyl sites for hydroxylation is 1. The third-order valence-electron chi connectivity index (χ3n) is 3.92. The molecule has 1 aromatic carbocycles. The van der Waals surface area contributed by atoms with Gasteiger partial charge in [0.2, 0.25) is 0 Å². The Kier molecular flexibility index (Phi) is 3.99. The van der Waals surface area contributed by atoms with Crippen LogP contribution in [0.1, 0.15) is 37.9 Å². The van der Waals surface area contributed by atoms with Gasteiger partial charge in [-0.05, 0) is 44.7 Å². The smallest absolute Gasteiger partial charge is 0.260 e. The van der Waals surface area contributed by atoms with E-state index in [1.165, 1.54) is 19.3 Å². The summed E-state index contributed by atoms with van der Waals surface area (Å²) in [5.41, 5.74) is 5.70. The number of nitrogens with one attached hydrogen (secondary N) is 1. The minimum Gasteiger partial charge on any atom is -0.319 e. The van der Waals surface area contributed by atoms with E-state index in [-0.39, 0.29) is 12.5 Å². The molecule has 1 heterocycles. The second-order valence-corrected chi connectivity index (χ2v) is 5.51. The van der Waals surface area contributed by atoms with Crippen molar-refractivity contribution in [2.24, 2.45) is 5.10 Å². The molecule has 1 aromatic heterocycles. The first-order chi connectivity index (χ1) is 10.2. The molecule has 1 aliphatic carbocycles. The highest BCUT2D eigenvalue weighted by Crippen LogP contribution is 2.16. The van der Waals surface area contributed by atoms with Crippen LogP contribution in [0.5, 0.6) is 0 Å². The van der Waals surface area contributed by atoms with Gasteiger partial charge in [-0.1, -0.05) is 18.6 Å². The Hall–Kier alpha value is -2.17. The minimum atomic E-state index is -0.0978. The molecule has 1 aliphatic rings. The number of benzene rings is 1. The van der Waals surface area contributed by atoms with Crippen molar-refractivity contribution >= 4 is 22.7 Å². The SMILES string of the molecule is Cc1nc2ccccc2n1CC(=O)NN=C1CCCCC1. The van der Waals surface area contributed by atoms with Crippen LogP contribution in [-0.4, -0.2) is 21.2 Å². The van der Waals surface area contributed by atoms with E-state index in [4.69, 9.17) is 0 Å². The second kappa shape index (κ2) is 6.08. The molecular formula is C16H20N4O. The van der Waals surface area contributed by atoms with Gasteiger partial charge in [-0.2, -0.15) is 5.10 Å². The molecule has 1 saturated carbocycles. The van der Waals surface area contributed by atoms with Gasteiger partial charge in [-0.15, -0.1) is 0 Å². The number of hydrogen-bond donors (Lipinski definition) is 1. The van der Waals surface area contributed by atoms with Crippen molar-refractivity contribution in [3.63, 3.8) is 0 Å². The average Bonchev–Trinajstić information content (AvgIpc) is 2.82. The van der Waals surface area contributed by atoms with E-state index < -0.39 is 0 Å². The Morgan fingerprint density at radius 2 is 2.05 bits per heavy atom. The van der Waals surface area contributed by atoms with Crippen LogP contribution in [0, 0.1) is 6.92 Å². The maximum absolute atomic E-state index is 12.1. The number of carbonyl (C=O) groups is 1. The summed E-state index contributed by atoms with van der Waals surface area (Å²) in [5.74, 6) is 0.746. The Morgan fingerprint density at radius 1 is 1.29 bits per heavy atom. The largest absolute Gasteiger partial charge is 0.319 e. The van der Waals surface area contributed by atoms with E-state index in [2.05, 4.69) is 15.5 Å². The summed E-state index contributed by atoms with van der Waals surface area (Å²) in [4.78, 5) is 16.5. The van der Waals surface area contributed by atoms with Crippen LogP contribution < -0.4 is 5.43 Å². The van der Waals surface area contributed by atoms with E-state index in [9.17, 15) is 4.79 Å². The summed E-state index contributed by atoms with van der Waals surface area (Å²) < 4.78 is 1.92. The quantitative estimate of drug-likeness (QED) is 0.881. The number of para-hydroxylation sites is 2. The lowest BCUT2D eigenvalue weighted by molar-refractivity contribution is -0.121. The molecule has 0 unspecified atom stereocenters. The molecule has 1 fully saturated rings. The van der Waals surface area contributed by atoms with Crippen LogP contribution >= 0.6 is 0 Å². The average molecular weight is 284 g/mol. The van der Waals surface area contributed by atoms with Gasteiger partial charge >= 0.3 is 0 Å². The molecule has 0 saturated heterocycles. The summed E-state index contributed by atoms with van der Waals surface area (Å²) in [6.07, 6.45) is 5.65. The van der Waals surface area contributed by atoms with E-state index in [1.807, 2.05) is 35.8 Å². The third kappa shape index (κ3) is 3.12. The van der Waals surface area contributed by atoms with E-state index in [1.54, 1.807) is 0 Å². The number of rotatable bonds is 3. The second-order valence-electron chi connectivity index (χ2n) is 5.51. The highest BCUT2D eigenvalue weighted by molar-refractivity contribution is 5.87. The first-order valence-electron chi connectivity index (χ1n) is 7.50. The fraction of sp³-hybridized carbons (Fsp3) is 0.438. The third-order valence-corrected chi connectivity index (χ3v) is 3.92. The summed E-state index contributed by atoms with van der Waals surface area (Å²) in [5, 5.41) is 4.26. The molecule has 0 aliphatic heterocycles. The molecule has 1 amide bonds.